The SMILES string of the molecule is Br/C=C/c1ccccc1.C(=C\c1ccccc1-c1ccccn1)/c1ccccc1.c1ccc(-c2ccccn2)cc1. The maximum absolute atomic E-state index is 4.43. The molecule has 0 atom stereocenters. The van der Waals surface area contributed by atoms with Gasteiger partial charge in [-0.2, -0.15) is 0 Å². The van der Waals surface area contributed by atoms with Crippen molar-refractivity contribution in [3.63, 3.8) is 0 Å². The molecule has 6 aromatic rings. The zero-order chi connectivity index (χ0) is 28.4. The van der Waals surface area contributed by atoms with Crippen molar-refractivity contribution in [1.82, 2.24) is 9.97 Å². The van der Waals surface area contributed by atoms with Crippen molar-refractivity contribution in [1.29, 1.82) is 0 Å². The van der Waals surface area contributed by atoms with Crippen molar-refractivity contribution in [2.75, 3.05) is 0 Å². The van der Waals surface area contributed by atoms with Crippen LogP contribution in [0.25, 0.3) is 40.7 Å². The highest BCUT2D eigenvalue weighted by Gasteiger charge is 2.02. The van der Waals surface area contributed by atoms with E-state index in [1.54, 1.807) is 0 Å². The standard InChI is InChI=1S/C19H15N.C11H9N.C8H7Br/c1-2-8-16(9-3-1)13-14-17-10-4-5-11-18(17)19-12-6-7-15-20-19;1-2-6-10(7-3-1)11-8-4-5-9-12-11;9-7-6-8-4-2-1-3-5-8/h1-15H;1-9H;1-7H/b14-13+;;7-6+. The van der Waals surface area contributed by atoms with Gasteiger partial charge in [0.25, 0.3) is 0 Å². The molecule has 41 heavy (non-hydrogen) atoms. The summed E-state index contributed by atoms with van der Waals surface area (Å²) in [6.07, 6.45) is 9.90. The fraction of sp³-hybridized carbons (Fsp3) is 0. The number of benzene rings is 4. The zero-order valence-electron chi connectivity index (χ0n) is 22.7. The summed E-state index contributed by atoms with van der Waals surface area (Å²) in [6, 6.07) is 50.8. The molecule has 0 spiro atoms. The van der Waals surface area contributed by atoms with Gasteiger partial charge in [0.2, 0.25) is 0 Å². The highest BCUT2D eigenvalue weighted by molar-refractivity contribution is 9.11. The molecule has 2 heterocycles. The van der Waals surface area contributed by atoms with Gasteiger partial charge in [0, 0.05) is 23.5 Å². The van der Waals surface area contributed by atoms with Gasteiger partial charge in [-0.25, -0.2) is 0 Å². The molecule has 200 valence electrons. The number of hydrogen-bond donors (Lipinski definition) is 0. The van der Waals surface area contributed by atoms with E-state index in [0.29, 0.717) is 0 Å². The highest BCUT2D eigenvalue weighted by Crippen LogP contribution is 2.23. The van der Waals surface area contributed by atoms with E-state index in [4.69, 9.17) is 0 Å². The summed E-state index contributed by atoms with van der Waals surface area (Å²) < 4.78 is 0. The first-order valence-electron chi connectivity index (χ1n) is 13.4. The Balaban J connectivity index is 0.000000156. The van der Waals surface area contributed by atoms with Crippen LogP contribution >= 0.6 is 15.9 Å². The maximum atomic E-state index is 4.43. The second-order valence-corrected chi connectivity index (χ2v) is 9.36. The Kier molecular flexibility index (Phi) is 12.1. The van der Waals surface area contributed by atoms with Gasteiger partial charge in [0.05, 0.1) is 11.4 Å². The van der Waals surface area contributed by atoms with Crippen LogP contribution < -0.4 is 0 Å². The van der Waals surface area contributed by atoms with Crippen molar-refractivity contribution >= 4 is 34.2 Å². The zero-order valence-corrected chi connectivity index (χ0v) is 24.3. The molecule has 2 nitrogen and oxygen atoms in total. The van der Waals surface area contributed by atoms with Crippen LogP contribution in [0.2, 0.25) is 0 Å². The molecule has 2 aromatic heterocycles. The van der Waals surface area contributed by atoms with Crippen molar-refractivity contribution in [3.8, 4) is 22.5 Å². The van der Waals surface area contributed by atoms with Gasteiger partial charge in [0.1, 0.15) is 0 Å². The lowest BCUT2D eigenvalue weighted by Crippen LogP contribution is -1.85. The molecule has 0 amide bonds. The first-order valence-corrected chi connectivity index (χ1v) is 14.3. The molecule has 0 bridgehead atoms. The molecule has 0 unspecified atom stereocenters. The molecule has 0 saturated heterocycles. The number of hydrogen-bond acceptors (Lipinski definition) is 2. The number of rotatable bonds is 5. The quantitative estimate of drug-likeness (QED) is 0.185. The van der Waals surface area contributed by atoms with Crippen molar-refractivity contribution in [3.05, 3.63) is 186 Å². The third kappa shape index (κ3) is 9.99. The molecule has 0 radical (unpaired) electrons. The fourth-order valence-corrected chi connectivity index (χ4v) is 4.23. The van der Waals surface area contributed by atoms with E-state index in [2.05, 4.69) is 92.6 Å². The van der Waals surface area contributed by atoms with Gasteiger partial charge in [-0.3, -0.25) is 9.97 Å². The second kappa shape index (κ2) is 17.0. The van der Waals surface area contributed by atoms with Crippen molar-refractivity contribution in [2.45, 2.75) is 0 Å². The van der Waals surface area contributed by atoms with E-state index in [1.807, 2.05) is 121 Å². The Morgan fingerprint density at radius 3 is 1.46 bits per heavy atom. The fourth-order valence-electron chi connectivity index (χ4n) is 3.93. The van der Waals surface area contributed by atoms with Gasteiger partial charge in [-0.1, -0.05) is 155 Å². The second-order valence-electron chi connectivity index (χ2n) is 8.83. The summed E-state index contributed by atoms with van der Waals surface area (Å²) in [4.78, 5) is 10.5. The monoisotopic (exact) mass is 594 g/mol. The molecule has 0 aliphatic heterocycles. The average molecular weight is 596 g/mol. The summed E-state index contributed by atoms with van der Waals surface area (Å²) >= 11 is 3.21. The minimum Gasteiger partial charge on any atom is -0.256 e. The molecular weight excluding hydrogens is 564 g/mol. The molecule has 0 aliphatic carbocycles. The lowest BCUT2D eigenvalue weighted by Gasteiger charge is -2.05. The highest BCUT2D eigenvalue weighted by atomic mass is 79.9. The van der Waals surface area contributed by atoms with E-state index in [0.717, 1.165) is 22.5 Å². The molecule has 4 aromatic carbocycles. The lowest BCUT2D eigenvalue weighted by atomic mass is 10.0. The van der Waals surface area contributed by atoms with Crippen LogP contribution in [-0.4, -0.2) is 9.97 Å². The van der Waals surface area contributed by atoms with Crippen molar-refractivity contribution in [2.24, 2.45) is 0 Å². The lowest BCUT2D eigenvalue weighted by molar-refractivity contribution is 1.32. The average Bonchev–Trinajstić information content (AvgIpc) is 3.07. The van der Waals surface area contributed by atoms with Crippen LogP contribution in [-0.2, 0) is 0 Å². The van der Waals surface area contributed by atoms with Gasteiger partial charge >= 0.3 is 0 Å². The van der Waals surface area contributed by atoms with E-state index < -0.39 is 0 Å². The minimum atomic E-state index is 1.00. The third-order valence-corrected chi connectivity index (χ3v) is 6.21. The summed E-state index contributed by atoms with van der Waals surface area (Å²) in [5, 5.41) is 0. The molecule has 0 aliphatic rings. The van der Waals surface area contributed by atoms with Gasteiger partial charge in [-0.15, -0.1) is 0 Å². The number of aromatic nitrogens is 2. The van der Waals surface area contributed by atoms with Gasteiger partial charge in [0.15, 0.2) is 0 Å². The molecule has 0 fully saturated rings. The summed E-state index contributed by atoms with van der Waals surface area (Å²) in [5.74, 6) is 0. The number of nitrogens with zero attached hydrogens (tertiary/aromatic N) is 2. The topological polar surface area (TPSA) is 25.8 Å². The normalized spacial score (nSPS) is 10.4. The molecule has 0 saturated carbocycles. The van der Waals surface area contributed by atoms with Crippen LogP contribution in [0.15, 0.2) is 169 Å². The molecule has 6 rings (SSSR count). The van der Waals surface area contributed by atoms with Gasteiger partial charge < -0.3 is 0 Å². The molecule has 3 heteroatoms. The Bertz CT molecular complexity index is 1560. The Hall–Kier alpha value is -4.86. The summed E-state index contributed by atoms with van der Waals surface area (Å²) in [7, 11) is 0. The Morgan fingerprint density at radius 2 is 0.902 bits per heavy atom. The van der Waals surface area contributed by atoms with Crippen LogP contribution in [0, 0.1) is 0 Å². The third-order valence-electron chi connectivity index (χ3n) is 5.95. The molecular formula is C38H31BrN2. The van der Waals surface area contributed by atoms with Gasteiger partial charge in [-0.05, 0) is 52.0 Å². The largest absolute Gasteiger partial charge is 0.256 e. The van der Waals surface area contributed by atoms with Crippen LogP contribution in [0.1, 0.15) is 16.7 Å². The van der Waals surface area contributed by atoms with Crippen molar-refractivity contribution < 1.29 is 0 Å². The smallest absolute Gasteiger partial charge is 0.0707 e. The predicted octanol–water partition coefficient (Wildman–Crippen LogP) is 10.7. The van der Waals surface area contributed by atoms with E-state index in [-0.39, 0.29) is 0 Å². The minimum absolute atomic E-state index is 1.00. The van der Waals surface area contributed by atoms with E-state index in [9.17, 15) is 0 Å². The summed E-state index contributed by atoms with van der Waals surface area (Å²) in [5.41, 5.74) is 7.94. The molecule has 0 N–H and O–H groups in total. The van der Waals surface area contributed by atoms with E-state index in [1.165, 1.54) is 16.7 Å². The van der Waals surface area contributed by atoms with E-state index >= 15 is 0 Å². The number of halogens is 1. The summed E-state index contributed by atoms with van der Waals surface area (Å²) in [6.45, 7) is 0. The predicted molar refractivity (Wildman–Crippen MR) is 179 cm³/mol. The van der Waals surface area contributed by atoms with Crippen LogP contribution in [0.4, 0.5) is 0 Å². The maximum Gasteiger partial charge on any atom is 0.0707 e. The van der Waals surface area contributed by atoms with Crippen LogP contribution in [0.5, 0.6) is 0 Å². The Labute approximate surface area is 251 Å². The van der Waals surface area contributed by atoms with Crippen LogP contribution in [0.3, 0.4) is 0 Å². The first kappa shape index (κ1) is 29.1. The number of pyridine rings is 2. The first-order chi connectivity index (χ1) is 20.3. The Morgan fingerprint density at radius 1 is 0.415 bits per heavy atom.